The van der Waals surface area contributed by atoms with Gasteiger partial charge < -0.3 is 9.84 Å². The van der Waals surface area contributed by atoms with Crippen molar-refractivity contribution in [2.45, 2.75) is 56.3 Å². The maximum Gasteiger partial charge on any atom is 0.127 e. The molecule has 4 heteroatoms. The van der Waals surface area contributed by atoms with Gasteiger partial charge >= 0.3 is 0 Å². The van der Waals surface area contributed by atoms with Crippen LogP contribution in [0.3, 0.4) is 0 Å². The van der Waals surface area contributed by atoms with Crippen LogP contribution in [0, 0.1) is 5.82 Å². The molecule has 3 nitrogen and oxygen atoms in total. The van der Waals surface area contributed by atoms with Crippen molar-refractivity contribution in [3.63, 3.8) is 0 Å². The van der Waals surface area contributed by atoms with Crippen molar-refractivity contribution >= 4 is 0 Å². The molecule has 26 heavy (non-hydrogen) atoms. The van der Waals surface area contributed by atoms with Crippen LogP contribution in [-0.4, -0.2) is 29.2 Å². The number of hydrogen-bond acceptors (Lipinski definition) is 3. The van der Waals surface area contributed by atoms with E-state index >= 15 is 0 Å². The minimum Gasteiger partial charge on any atom is -0.496 e. The topological polar surface area (TPSA) is 32.7 Å². The van der Waals surface area contributed by atoms with E-state index in [1.54, 1.807) is 6.07 Å². The van der Waals surface area contributed by atoms with Gasteiger partial charge in [0, 0.05) is 30.3 Å². The zero-order valence-electron chi connectivity index (χ0n) is 15.2. The molecule has 2 aromatic rings. The molecular formula is C22H26FNO2. The summed E-state index contributed by atoms with van der Waals surface area (Å²) in [5.74, 6) is 0.109. The molecule has 0 saturated carbocycles. The smallest absolute Gasteiger partial charge is 0.127 e. The van der Waals surface area contributed by atoms with Gasteiger partial charge in [-0.05, 0) is 43.4 Å². The average molecular weight is 355 g/mol. The molecule has 2 heterocycles. The Morgan fingerprint density at radius 2 is 1.81 bits per heavy atom. The van der Waals surface area contributed by atoms with Gasteiger partial charge in [-0.3, -0.25) is 4.90 Å². The number of ether oxygens (including phenoxy) is 1. The summed E-state index contributed by atoms with van der Waals surface area (Å²) in [6.07, 6.45) is 4.72. The molecule has 0 aromatic heterocycles. The molecule has 2 saturated heterocycles. The second-order valence-electron chi connectivity index (χ2n) is 7.68. The van der Waals surface area contributed by atoms with Crippen LogP contribution in [0.5, 0.6) is 5.75 Å². The fourth-order valence-corrected chi connectivity index (χ4v) is 4.84. The normalized spacial score (nSPS) is 28.7. The molecule has 0 radical (unpaired) electrons. The highest BCUT2D eigenvalue weighted by molar-refractivity contribution is 5.39. The Morgan fingerprint density at radius 3 is 2.46 bits per heavy atom. The van der Waals surface area contributed by atoms with Gasteiger partial charge in [-0.25, -0.2) is 4.39 Å². The lowest BCUT2D eigenvalue weighted by Gasteiger charge is -2.52. The number of aliphatic hydroxyl groups is 1. The number of methoxy groups -OCH3 is 1. The van der Waals surface area contributed by atoms with E-state index in [0.29, 0.717) is 30.7 Å². The van der Waals surface area contributed by atoms with E-state index in [1.807, 2.05) is 6.07 Å². The molecule has 2 aliphatic heterocycles. The Kier molecular flexibility index (Phi) is 4.72. The van der Waals surface area contributed by atoms with E-state index in [-0.39, 0.29) is 5.82 Å². The molecule has 2 fully saturated rings. The molecule has 0 spiro atoms. The predicted octanol–water partition coefficient (Wildman–Crippen LogP) is 4.24. The van der Waals surface area contributed by atoms with Gasteiger partial charge in [0.15, 0.2) is 0 Å². The Hall–Kier alpha value is -1.91. The lowest BCUT2D eigenvalue weighted by molar-refractivity contribution is -0.101. The van der Waals surface area contributed by atoms with E-state index in [9.17, 15) is 9.50 Å². The van der Waals surface area contributed by atoms with Gasteiger partial charge in [0.05, 0.1) is 12.7 Å². The fourth-order valence-electron chi connectivity index (χ4n) is 4.84. The minimum absolute atomic E-state index is 0.336. The molecule has 2 aromatic carbocycles. The summed E-state index contributed by atoms with van der Waals surface area (Å²) in [5.41, 5.74) is 1.08. The zero-order chi connectivity index (χ0) is 18.1. The first kappa shape index (κ1) is 17.5. The second-order valence-corrected chi connectivity index (χ2v) is 7.68. The number of benzene rings is 2. The molecule has 2 atom stereocenters. The minimum atomic E-state index is -0.956. The molecular weight excluding hydrogens is 329 g/mol. The number of nitrogens with zero attached hydrogens (tertiary/aromatic N) is 1. The molecule has 0 amide bonds. The molecule has 2 bridgehead atoms. The van der Waals surface area contributed by atoms with Crippen molar-refractivity contribution in [2.24, 2.45) is 0 Å². The largest absolute Gasteiger partial charge is 0.496 e. The first-order valence-electron chi connectivity index (χ1n) is 9.45. The highest BCUT2D eigenvalue weighted by Gasteiger charge is 2.47. The summed E-state index contributed by atoms with van der Waals surface area (Å²) in [7, 11) is 1.53. The number of piperidine rings is 2. The number of halogens is 1. The summed E-state index contributed by atoms with van der Waals surface area (Å²) in [6, 6.07) is 15.7. The van der Waals surface area contributed by atoms with Crippen LogP contribution in [-0.2, 0) is 12.1 Å². The summed E-state index contributed by atoms with van der Waals surface area (Å²) in [6.45, 7) is 0.923. The average Bonchev–Trinajstić information content (AvgIpc) is 2.63. The van der Waals surface area contributed by atoms with Crippen molar-refractivity contribution in [3.8, 4) is 5.75 Å². The van der Waals surface area contributed by atoms with Crippen LogP contribution in [0.1, 0.15) is 43.2 Å². The maximum absolute atomic E-state index is 13.6. The first-order valence-corrected chi connectivity index (χ1v) is 9.45. The first-order chi connectivity index (χ1) is 12.6. The number of hydrogen-bond donors (Lipinski definition) is 1. The van der Waals surface area contributed by atoms with Crippen molar-refractivity contribution < 1.29 is 14.2 Å². The van der Waals surface area contributed by atoms with Gasteiger partial charge in [0.2, 0.25) is 0 Å². The Bertz CT molecular complexity index is 750. The van der Waals surface area contributed by atoms with Crippen molar-refractivity contribution in [2.75, 3.05) is 7.11 Å². The van der Waals surface area contributed by atoms with E-state index in [0.717, 1.165) is 24.9 Å². The Labute approximate surface area is 154 Å². The monoisotopic (exact) mass is 355 g/mol. The van der Waals surface area contributed by atoms with Crippen LogP contribution in [0.25, 0.3) is 0 Å². The predicted molar refractivity (Wildman–Crippen MR) is 99.5 cm³/mol. The molecule has 1 N–H and O–H groups in total. The number of fused-ring (bicyclic) bond motifs is 2. The Morgan fingerprint density at radius 1 is 1.12 bits per heavy atom. The summed E-state index contributed by atoms with van der Waals surface area (Å²) in [5, 5.41) is 11.5. The van der Waals surface area contributed by atoms with Crippen LogP contribution in [0.4, 0.5) is 4.39 Å². The third-order valence-corrected chi connectivity index (χ3v) is 6.03. The quantitative estimate of drug-likeness (QED) is 0.890. The van der Waals surface area contributed by atoms with Gasteiger partial charge in [0.25, 0.3) is 0 Å². The molecule has 4 rings (SSSR count). The molecule has 138 valence electrons. The van der Waals surface area contributed by atoms with Gasteiger partial charge in [-0.15, -0.1) is 0 Å². The highest BCUT2D eigenvalue weighted by atomic mass is 19.1. The van der Waals surface area contributed by atoms with Crippen molar-refractivity contribution in [1.82, 2.24) is 4.90 Å². The summed E-state index contributed by atoms with van der Waals surface area (Å²) in [4.78, 5) is 2.56. The summed E-state index contributed by atoms with van der Waals surface area (Å²) < 4.78 is 19.0. The van der Waals surface area contributed by atoms with Gasteiger partial charge in [-0.2, -0.15) is 0 Å². The van der Waals surface area contributed by atoms with Crippen LogP contribution >= 0.6 is 0 Å². The SMILES string of the molecule is COc1cc(F)ccc1C1(O)CC2CCCC(C1)N2Cc1ccccc1. The lowest BCUT2D eigenvalue weighted by atomic mass is 9.72. The molecule has 2 unspecified atom stereocenters. The highest BCUT2D eigenvalue weighted by Crippen LogP contribution is 2.47. The third-order valence-electron chi connectivity index (χ3n) is 6.03. The van der Waals surface area contributed by atoms with Crippen LogP contribution < -0.4 is 4.74 Å². The molecule has 2 aliphatic rings. The zero-order valence-corrected chi connectivity index (χ0v) is 15.2. The van der Waals surface area contributed by atoms with Gasteiger partial charge in [-0.1, -0.05) is 36.8 Å². The third kappa shape index (κ3) is 3.24. The van der Waals surface area contributed by atoms with Crippen LogP contribution in [0.2, 0.25) is 0 Å². The van der Waals surface area contributed by atoms with Crippen molar-refractivity contribution in [3.05, 3.63) is 65.5 Å². The second kappa shape index (κ2) is 7.01. The van der Waals surface area contributed by atoms with E-state index in [1.165, 1.54) is 31.2 Å². The van der Waals surface area contributed by atoms with Crippen molar-refractivity contribution in [1.29, 1.82) is 0 Å². The van der Waals surface area contributed by atoms with E-state index in [4.69, 9.17) is 4.74 Å². The molecule has 0 aliphatic carbocycles. The van der Waals surface area contributed by atoms with E-state index < -0.39 is 5.60 Å². The fraction of sp³-hybridized carbons (Fsp3) is 0.455. The van der Waals surface area contributed by atoms with Gasteiger partial charge in [0.1, 0.15) is 11.6 Å². The standard InChI is InChI=1S/C22H26FNO2/c1-26-21-12-17(23)10-11-20(21)22(25)13-18-8-5-9-19(14-22)24(18)15-16-6-3-2-4-7-16/h2-4,6-7,10-12,18-19,25H,5,8-9,13-15H2,1H3. The summed E-state index contributed by atoms with van der Waals surface area (Å²) >= 11 is 0. The van der Waals surface area contributed by atoms with E-state index in [2.05, 4.69) is 29.2 Å². The lowest BCUT2D eigenvalue weighted by Crippen LogP contribution is -2.56. The van der Waals surface area contributed by atoms with Crippen LogP contribution in [0.15, 0.2) is 48.5 Å². The number of rotatable bonds is 4. The Balaban J connectivity index is 1.61. The maximum atomic E-state index is 13.6.